The van der Waals surface area contributed by atoms with Gasteiger partial charge in [-0.05, 0) is 18.7 Å². The van der Waals surface area contributed by atoms with Gasteiger partial charge in [-0.3, -0.25) is 9.89 Å². The van der Waals surface area contributed by atoms with Gasteiger partial charge in [0, 0.05) is 12.7 Å². The molecule has 2 aromatic rings. The van der Waals surface area contributed by atoms with Gasteiger partial charge in [0.05, 0.1) is 0 Å². The van der Waals surface area contributed by atoms with E-state index in [-0.39, 0.29) is 0 Å². The summed E-state index contributed by atoms with van der Waals surface area (Å²) in [6.07, 6.45) is 1.52. The zero-order chi connectivity index (χ0) is 12.6. The van der Waals surface area contributed by atoms with Crippen LogP contribution in [-0.2, 0) is 7.05 Å². The standard InChI is InChI=1S/C8H10N6O2S/c1-4-5(6(15)14(12-4)7(9)16)17-8-11-10-3-13(8)2/h3,12H,1-2H3,(H2,9,16). The van der Waals surface area contributed by atoms with E-state index in [4.69, 9.17) is 5.73 Å². The number of hydrogen-bond acceptors (Lipinski definition) is 5. The molecule has 1 amide bonds. The van der Waals surface area contributed by atoms with E-state index in [1.165, 1.54) is 6.33 Å². The van der Waals surface area contributed by atoms with Crippen molar-refractivity contribution in [2.45, 2.75) is 17.0 Å². The number of carbonyl (C=O) groups excluding carboxylic acids is 1. The highest BCUT2D eigenvalue weighted by molar-refractivity contribution is 7.99. The van der Waals surface area contributed by atoms with Gasteiger partial charge in [0.2, 0.25) is 0 Å². The van der Waals surface area contributed by atoms with Gasteiger partial charge in [0.15, 0.2) is 5.16 Å². The molecule has 90 valence electrons. The van der Waals surface area contributed by atoms with Crippen molar-refractivity contribution in [1.82, 2.24) is 24.5 Å². The van der Waals surface area contributed by atoms with Gasteiger partial charge < -0.3 is 10.3 Å². The molecule has 2 rings (SSSR count). The first-order chi connectivity index (χ1) is 8.00. The summed E-state index contributed by atoms with van der Waals surface area (Å²) in [6.45, 7) is 1.68. The van der Waals surface area contributed by atoms with Crippen LogP contribution in [0.2, 0.25) is 0 Å². The normalized spacial score (nSPS) is 10.7. The van der Waals surface area contributed by atoms with Crippen molar-refractivity contribution in [3.63, 3.8) is 0 Å². The molecule has 3 N–H and O–H groups in total. The number of primary amides is 1. The summed E-state index contributed by atoms with van der Waals surface area (Å²) in [6, 6.07) is -0.845. The zero-order valence-corrected chi connectivity index (χ0v) is 9.98. The third kappa shape index (κ3) is 1.96. The Morgan fingerprint density at radius 3 is 2.76 bits per heavy atom. The minimum atomic E-state index is -0.845. The lowest BCUT2D eigenvalue weighted by Crippen LogP contribution is -2.30. The fourth-order valence-electron chi connectivity index (χ4n) is 1.26. The summed E-state index contributed by atoms with van der Waals surface area (Å²) in [5.74, 6) is 0. The van der Waals surface area contributed by atoms with Crippen LogP contribution in [0.3, 0.4) is 0 Å². The molecular weight excluding hydrogens is 244 g/mol. The molecule has 0 fully saturated rings. The van der Waals surface area contributed by atoms with Crippen molar-refractivity contribution in [3.05, 3.63) is 22.4 Å². The molecule has 2 aromatic heterocycles. The van der Waals surface area contributed by atoms with E-state index in [1.54, 1.807) is 18.5 Å². The van der Waals surface area contributed by atoms with Crippen LogP contribution >= 0.6 is 11.8 Å². The molecule has 0 bridgehead atoms. The summed E-state index contributed by atoms with van der Waals surface area (Å²) < 4.78 is 2.43. The van der Waals surface area contributed by atoms with Crippen LogP contribution in [0, 0.1) is 6.92 Å². The van der Waals surface area contributed by atoms with Crippen molar-refractivity contribution in [2.75, 3.05) is 0 Å². The highest BCUT2D eigenvalue weighted by atomic mass is 32.2. The number of hydrogen-bond donors (Lipinski definition) is 2. The fraction of sp³-hybridized carbons (Fsp3) is 0.250. The van der Waals surface area contributed by atoms with Crippen molar-refractivity contribution < 1.29 is 4.79 Å². The van der Waals surface area contributed by atoms with E-state index >= 15 is 0 Å². The molecule has 0 unspecified atom stereocenters. The Balaban J connectivity index is 2.44. The SMILES string of the molecule is Cc1[nH]n(C(N)=O)c(=O)c1Sc1nncn1C. The van der Waals surface area contributed by atoms with E-state index in [9.17, 15) is 9.59 Å². The minimum Gasteiger partial charge on any atom is -0.350 e. The summed E-state index contributed by atoms with van der Waals surface area (Å²) in [5, 5.41) is 10.7. The quantitative estimate of drug-likeness (QED) is 0.763. The summed E-state index contributed by atoms with van der Waals surface area (Å²) in [7, 11) is 1.76. The number of nitrogens with zero attached hydrogens (tertiary/aromatic N) is 4. The lowest BCUT2D eigenvalue weighted by atomic mass is 10.5. The third-order valence-corrected chi connectivity index (χ3v) is 3.34. The predicted octanol–water partition coefficient (Wildman–Crippen LogP) is -0.309. The molecule has 0 saturated carbocycles. The number of H-pyrrole nitrogens is 1. The molecule has 0 aliphatic carbocycles. The molecule has 0 aliphatic heterocycles. The van der Waals surface area contributed by atoms with Crippen molar-refractivity contribution in [3.8, 4) is 0 Å². The lowest BCUT2D eigenvalue weighted by Gasteiger charge is -1.96. The third-order valence-electron chi connectivity index (χ3n) is 2.10. The largest absolute Gasteiger partial charge is 0.350 e. The smallest absolute Gasteiger partial charge is 0.341 e. The molecule has 8 nitrogen and oxygen atoms in total. The maximum atomic E-state index is 11.8. The summed E-state index contributed by atoms with van der Waals surface area (Å²) >= 11 is 1.13. The van der Waals surface area contributed by atoms with Crippen LogP contribution in [0.4, 0.5) is 4.79 Å². The minimum absolute atomic E-state index is 0.375. The second kappa shape index (κ2) is 4.09. The molecule has 0 aliphatic rings. The molecule has 17 heavy (non-hydrogen) atoms. The van der Waals surface area contributed by atoms with Crippen molar-refractivity contribution in [1.29, 1.82) is 0 Å². The molecule has 0 saturated heterocycles. The Hall–Kier alpha value is -2.03. The van der Waals surface area contributed by atoms with Crippen LogP contribution < -0.4 is 11.3 Å². The molecule has 0 atom stereocenters. The second-order valence-corrected chi connectivity index (χ2v) is 4.35. The number of nitrogens with two attached hydrogens (primary N) is 1. The number of aryl methyl sites for hydroxylation is 2. The van der Waals surface area contributed by atoms with Crippen LogP contribution in [0.15, 0.2) is 21.2 Å². The maximum Gasteiger partial charge on any atom is 0.341 e. The Bertz CT molecular complexity index is 624. The predicted molar refractivity (Wildman–Crippen MR) is 59.9 cm³/mol. The molecule has 0 aromatic carbocycles. The van der Waals surface area contributed by atoms with Gasteiger partial charge >= 0.3 is 6.03 Å². The first-order valence-electron chi connectivity index (χ1n) is 4.64. The topological polar surface area (TPSA) is 112 Å². The summed E-state index contributed by atoms with van der Waals surface area (Å²) in [4.78, 5) is 23.2. The molecule has 2 heterocycles. The average Bonchev–Trinajstić information content (AvgIpc) is 2.77. The van der Waals surface area contributed by atoms with E-state index in [1.807, 2.05) is 0 Å². The number of nitrogens with one attached hydrogen (secondary N) is 1. The van der Waals surface area contributed by atoms with E-state index in [0.29, 0.717) is 15.7 Å². The number of aromatic amines is 1. The fourth-order valence-corrected chi connectivity index (χ4v) is 2.10. The van der Waals surface area contributed by atoms with Crippen LogP contribution in [0.25, 0.3) is 0 Å². The monoisotopic (exact) mass is 254 g/mol. The van der Waals surface area contributed by atoms with Crippen molar-refractivity contribution >= 4 is 17.8 Å². The maximum absolute atomic E-state index is 11.8. The van der Waals surface area contributed by atoms with Gasteiger partial charge in [-0.15, -0.1) is 10.2 Å². The Labute approximate surface area is 99.8 Å². The van der Waals surface area contributed by atoms with Crippen LogP contribution in [0.1, 0.15) is 5.69 Å². The van der Waals surface area contributed by atoms with Gasteiger partial charge in [-0.25, -0.2) is 4.79 Å². The number of carbonyl (C=O) groups is 1. The molecular formula is C8H10N6O2S. The van der Waals surface area contributed by atoms with Crippen molar-refractivity contribution in [2.24, 2.45) is 12.8 Å². The highest BCUT2D eigenvalue weighted by Crippen LogP contribution is 2.24. The van der Waals surface area contributed by atoms with Gasteiger partial charge in [-0.1, -0.05) is 0 Å². The Morgan fingerprint density at radius 2 is 2.29 bits per heavy atom. The number of aromatic nitrogens is 5. The zero-order valence-electron chi connectivity index (χ0n) is 9.17. The molecule has 0 radical (unpaired) electrons. The van der Waals surface area contributed by atoms with E-state index in [0.717, 1.165) is 16.4 Å². The first kappa shape index (κ1) is 11.5. The molecule has 0 spiro atoms. The molecule has 9 heteroatoms. The lowest BCUT2D eigenvalue weighted by molar-refractivity contribution is 0.247. The first-order valence-corrected chi connectivity index (χ1v) is 5.45. The average molecular weight is 254 g/mol. The highest BCUT2D eigenvalue weighted by Gasteiger charge is 2.17. The Morgan fingerprint density at radius 1 is 1.59 bits per heavy atom. The van der Waals surface area contributed by atoms with Gasteiger partial charge in [0.1, 0.15) is 11.2 Å². The second-order valence-electron chi connectivity index (χ2n) is 3.37. The van der Waals surface area contributed by atoms with Gasteiger partial charge in [0.25, 0.3) is 5.56 Å². The number of amides is 1. The number of rotatable bonds is 2. The Kier molecular flexibility index (Phi) is 2.76. The van der Waals surface area contributed by atoms with Crippen LogP contribution in [0.5, 0.6) is 0 Å². The van der Waals surface area contributed by atoms with Crippen LogP contribution in [-0.4, -0.2) is 30.6 Å². The van der Waals surface area contributed by atoms with E-state index in [2.05, 4.69) is 15.3 Å². The van der Waals surface area contributed by atoms with E-state index < -0.39 is 11.6 Å². The van der Waals surface area contributed by atoms with Gasteiger partial charge in [-0.2, -0.15) is 4.68 Å². The summed E-state index contributed by atoms with van der Waals surface area (Å²) in [5.41, 5.74) is 5.12.